The smallest absolute Gasteiger partial charge is 0.203 e. The molecule has 0 radical (unpaired) electrons. The maximum absolute atomic E-state index is 11.0. The largest absolute Gasteiger partial charge is 0.445 e. The van der Waals surface area contributed by atoms with E-state index in [-0.39, 0.29) is 10.8 Å². The lowest BCUT2D eigenvalue weighted by molar-refractivity contribution is 0.0862. The van der Waals surface area contributed by atoms with Gasteiger partial charge in [0.15, 0.2) is 0 Å². The number of aliphatic hydroxyl groups is 3. The van der Waals surface area contributed by atoms with Crippen molar-refractivity contribution in [2.24, 2.45) is 23.2 Å². The first-order chi connectivity index (χ1) is 17.1. The third kappa shape index (κ3) is 4.59. The standard InChI is InChI=1S/C31H43NO4/c1-19(7-12-28(35)31(14-15-31)29-32-18-20(2)36-29)25-10-11-26-22(6-5-13-30(25,26)4)8-9-23-16-24(33)17-27(34)21(23)3/h7-9,12,18-19,24-28,33-35H,3,5-6,10-11,13-17H2,1-2,4H3/b12-7+,22-8+,23-9-/t19-,24+,25+,26-,27-,28-,30+/m0/s1. The van der Waals surface area contributed by atoms with Crippen LogP contribution in [0.1, 0.15) is 83.3 Å². The van der Waals surface area contributed by atoms with Gasteiger partial charge in [0, 0.05) is 6.42 Å². The Morgan fingerprint density at radius 1 is 1.17 bits per heavy atom. The van der Waals surface area contributed by atoms with E-state index < -0.39 is 18.3 Å². The number of hydrogen-bond acceptors (Lipinski definition) is 5. The van der Waals surface area contributed by atoms with Crippen molar-refractivity contribution in [1.82, 2.24) is 4.98 Å². The molecule has 0 aliphatic heterocycles. The van der Waals surface area contributed by atoms with Gasteiger partial charge >= 0.3 is 0 Å². The highest BCUT2D eigenvalue weighted by atomic mass is 16.4. The van der Waals surface area contributed by atoms with E-state index in [1.165, 1.54) is 31.3 Å². The Balaban J connectivity index is 1.29. The van der Waals surface area contributed by atoms with Gasteiger partial charge in [0.1, 0.15) is 5.76 Å². The molecule has 1 heterocycles. The van der Waals surface area contributed by atoms with Crippen molar-refractivity contribution in [3.8, 4) is 0 Å². The second-order valence-electron chi connectivity index (χ2n) is 12.3. The minimum atomic E-state index is -0.642. The second-order valence-corrected chi connectivity index (χ2v) is 12.3. The van der Waals surface area contributed by atoms with E-state index in [4.69, 9.17) is 4.42 Å². The van der Waals surface area contributed by atoms with Crippen LogP contribution >= 0.6 is 0 Å². The summed E-state index contributed by atoms with van der Waals surface area (Å²) >= 11 is 0. The molecule has 36 heavy (non-hydrogen) atoms. The third-order valence-electron chi connectivity index (χ3n) is 9.94. The maximum Gasteiger partial charge on any atom is 0.203 e. The van der Waals surface area contributed by atoms with Crippen LogP contribution in [0.5, 0.6) is 0 Å². The summed E-state index contributed by atoms with van der Waals surface area (Å²) in [5.74, 6) is 3.00. The number of allylic oxidation sites excluding steroid dienone is 4. The summed E-state index contributed by atoms with van der Waals surface area (Å²) in [5, 5.41) is 31.3. The molecule has 3 N–H and O–H groups in total. The number of aliphatic hydroxyl groups excluding tert-OH is 3. The monoisotopic (exact) mass is 493 g/mol. The lowest BCUT2D eigenvalue weighted by Gasteiger charge is -2.44. The highest BCUT2D eigenvalue weighted by molar-refractivity contribution is 5.38. The van der Waals surface area contributed by atoms with Crippen LogP contribution in [-0.2, 0) is 5.41 Å². The van der Waals surface area contributed by atoms with Crippen LogP contribution < -0.4 is 0 Å². The van der Waals surface area contributed by atoms with E-state index in [9.17, 15) is 15.3 Å². The zero-order valence-corrected chi connectivity index (χ0v) is 22.1. The molecule has 5 rings (SSSR count). The molecule has 1 aromatic heterocycles. The number of fused-ring (bicyclic) bond motifs is 1. The van der Waals surface area contributed by atoms with Gasteiger partial charge in [0.25, 0.3) is 0 Å². The Kier molecular flexibility index (Phi) is 6.95. The molecule has 196 valence electrons. The van der Waals surface area contributed by atoms with Crippen LogP contribution in [0.3, 0.4) is 0 Å². The topological polar surface area (TPSA) is 86.7 Å². The first-order valence-corrected chi connectivity index (χ1v) is 13.9. The fourth-order valence-corrected chi connectivity index (χ4v) is 7.56. The van der Waals surface area contributed by atoms with Crippen molar-refractivity contribution in [3.63, 3.8) is 0 Å². The van der Waals surface area contributed by atoms with Crippen molar-refractivity contribution in [1.29, 1.82) is 0 Å². The van der Waals surface area contributed by atoms with Gasteiger partial charge in [-0.1, -0.05) is 50.3 Å². The summed E-state index contributed by atoms with van der Waals surface area (Å²) in [4.78, 5) is 4.41. The van der Waals surface area contributed by atoms with Gasteiger partial charge in [-0.3, -0.25) is 0 Å². The zero-order chi connectivity index (χ0) is 25.7. The molecule has 0 saturated heterocycles. The molecule has 4 fully saturated rings. The van der Waals surface area contributed by atoms with Gasteiger partial charge in [-0.05, 0) is 92.6 Å². The molecule has 4 aliphatic carbocycles. The van der Waals surface area contributed by atoms with Crippen LogP contribution in [0.2, 0.25) is 0 Å². The maximum atomic E-state index is 11.0. The normalized spacial score (nSPS) is 38.0. The lowest BCUT2D eigenvalue weighted by atomic mass is 9.61. The molecule has 0 aromatic carbocycles. The zero-order valence-electron chi connectivity index (χ0n) is 22.1. The molecule has 4 aliphatic rings. The van der Waals surface area contributed by atoms with Crippen LogP contribution in [0.15, 0.2) is 58.2 Å². The van der Waals surface area contributed by atoms with Crippen molar-refractivity contribution in [2.75, 3.05) is 0 Å². The summed E-state index contributed by atoms with van der Waals surface area (Å²) in [6.07, 6.45) is 17.4. The fourth-order valence-electron chi connectivity index (χ4n) is 7.56. The number of hydrogen-bond donors (Lipinski definition) is 3. The molecule has 1 aromatic rings. The second kappa shape index (κ2) is 9.74. The quantitative estimate of drug-likeness (QED) is 0.442. The molecular formula is C31H43NO4. The van der Waals surface area contributed by atoms with E-state index in [0.717, 1.165) is 36.2 Å². The van der Waals surface area contributed by atoms with Crippen LogP contribution in [0.4, 0.5) is 0 Å². The number of nitrogens with zero attached hydrogens (tertiary/aromatic N) is 1. The Morgan fingerprint density at radius 2 is 1.94 bits per heavy atom. The number of aryl methyl sites for hydroxylation is 1. The summed E-state index contributed by atoms with van der Waals surface area (Å²) in [7, 11) is 0. The molecule has 0 spiro atoms. The lowest BCUT2D eigenvalue weighted by Crippen LogP contribution is -2.35. The van der Waals surface area contributed by atoms with Crippen molar-refractivity contribution >= 4 is 0 Å². The summed E-state index contributed by atoms with van der Waals surface area (Å²) in [6.45, 7) is 10.8. The van der Waals surface area contributed by atoms with Crippen molar-refractivity contribution in [3.05, 3.63) is 65.5 Å². The SMILES string of the molecule is C=C1/C(=C\C=C2/CCC[C@]3(C)[C@@H]([C@@H](C)/C=C/[C@H](O)C4(c5ncc(C)o5)CC4)CC[C@@H]23)C[C@@H](O)C[C@@H]1O. The molecule has 7 atom stereocenters. The molecule has 5 nitrogen and oxygen atoms in total. The predicted octanol–water partition coefficient (Wildman–Crippen LogP) is 5.71. The predicted molar refractivity (Wildman–Crippen MR) is 141 cm³/mol. The fraction of sp³-hybridized carbons (Fsp3) is 0.645. The average Bonchev–Trinajstić information content (AvgIpc) is 3.41. The van der Waals surface area contributed by atoms with Gasteiger partial charge in [0.2, 0.25) is 5.89 Å². The molecule has 0 amide bonds. The van der Waals surface area contributed by atoms with E-state index in [0.29, 0.717) is 36.5 Å². The molecule has 5 heteroatoms. The highest BCUT2D eigenvalue weighted by Gasteiger charge is 2.54. The van der Waals surface area contributed by atoms with Gasteiger partial charge < -0.3 is 19.7 Å². The third-order valence-corrected chi connectivity index (χ3v) is 9.94. The molecular weight excluding hydrogens is 450 g/mol. The number of rotatable bonds is 6. The number of aromatic nitrogens is 1. The minimum absolute atomic E-state index is 0.247. The van der Waals surface area contributed by atoms with E-state index in [1.807, 2.05) is 13.0 Å². The van der Waals surface area contributed by atoms with Crippen molar-refractivity contribution < 1.29 is 19.7 Å². The Hall–Kier alpha value is -1.95. The summed E-state index contributed by atoms with van der Waals surface area (Å²) in [6, 6.07) is 0. The van der Waals surface area contributed by atoms with Gasteiger partial charge in [-0.2, -0.15) is 0 Å². The van der Waals surface area contributed by atoms with E-state index in [2.05, 4.69) is 43.6 Å². The molecule has 0 unspecified atom stereocenters. The summed E-state index contributed by atoms with van der Waals surface area (Å²) < 4.78 is 5.77. The van der Waals surface area contributed by atoms with Gasteiger partial charge in [0.05, 0.1) is 29.9 Å². The Bertz CT molecular complexity index is 1080. The summed E-state index contributed by atoms with van der Waals surface area (Å²) in [5.41, 5.74) is 3.15. The minimum Gasteiger partial charge on any atom is -0.445 e. The van der Waals surface area contributed by atoms with Gasteiger partial charge in [-0.25, -0.2) is 4.98 Å². The van der Waals surface area contributed by atoms with E-state index in [1.54, 1.807) is 6.20 Å². The average molecular weight is 494 g/mol. The Labute approximate surface area is 215 Å². The van der Waals surface area contributed by atoms with Crippen LogP contribution in [-0.4, -0.2) is 38.6 Å². The van der Waals surface area contributed by atoms with E-state index >= 15 is 0 Å². The van der Waals surface area contributed by atoms with Gasteiger partial charge in [-0.15, -0.1) is 0 Å². The first-order valence-electron chi connectivity index (χ1n) is 13.9. The van der Waals surface area contributed by atoms with Crippen LogP contribution in [0, 0.1) is 30.1 Å². The van der Waals surface area contributed by atoms with Crippen LogP contribution in [0.25, 0.3) is 0 Å². The highest BCUT2D eigenvalue weighted by Crippen LogP contribution is 2.59. The van der Waals surface area contributed by atoms with Crippen molar-refractivity contribution in [2.45, 2.75) is 102 Å². The first kappa shape index (κ1) is 25.7. The Morgan fingerprint density at radius 3 is 2.64 bits per heavy atom. The number of oxazole rings is 1. The molecule has 0 bridgehead atoms. The molecule has 4 saturated carbocycles.